The lowest BCUT2D eigenvalue weighted by Gasteiger charge is -2.59. The Morgan fingerprint density at radius 2 is 0.420 bits per heavy atom. The first kappa shape index (κ1) is 66.5. The van der Waals surface area contributed by atoms with E-state index in [4.69, 9.17) is 49.4 Å². The maximum atomic E-state index is 14.7. The lowest BCUT2D eigenvalue weighted by molar-refractivity contribution is -0.132. The average molecular weight is 1390 g/mol. The van der Waals surface area contributed by atoms with Crippen LogP contribution in [0.15, 0.2) is 212 Å². The summed E-state index contributed by atoms with van der Waals surface area (Å²) in [6, 6.07) is 56.6. The van der Waals surface area contributed by atoms with Gasteiger partial charge in [-0.15, -0.1) is 0 Å². The van der Waals surface area contributed by atoms with Gasteiger partial charge in [0.2, 0.25) is 0 Å². The first-order chi connectivity index (χ1) is 41.3. The number of halogens is 9. The summed E-state index contributed by atoms with van der Waals surface area (Å²) >= 11 is 0. The standard InChI is InChI=1S/C57H65F9O12Si10/c1-79(2,45-42-55(58,59)60)67-82(48-28-14-7-15-29-48)70-85(51-34-20-10-21-35-51)72-83(49-30-16-8-17-31-49,68-80(3,4)46-43-56(61,62)63)74-87(53-38-24-12-25-39-53)75-84(50-32-18-9-19-33-50,69-81(5,6)47-44-57(64,65)66)73-86(71-82,52-36-22-11-23-37-52)77-88(76-85,78-87)54-40-26-13-27-41-54/h7-41H,42-47H2,1-6H3. The van der Waals surface area contributed by atoms with Crippen LogP contribution >= 0.6 is 0 Å². The van der Waals surface area contributed by atoms with E-state index in [2.05, 4.69) is 0 Å². The molecule has 4 bridgehead atoms. The zero-order valence-electron chi connectivity index (χ0n) is 48.8. The lowest BCUT2D eigenvalue weighted by Crippen LogP contribution is -2.92. The van der Waals surface area contributed by atoms with Crippen LogP contribution in [0.3, 0.4) is 0 Å². The van der Waals surface area contributed by atoms with E-state index in [0.29, 0.717) is 0 Å². The minimum Gasteiger partial charge on any atom is -0.413 e. The zero-order valence-corrected chi connectivity index (χ0v) is 58.8. The minimum absolute atomic E-state index is 0.141. The smallest absolute Gasteiger partial charge is 0.413 e. The number of rotatable bonds is 19. The van der Waals surface area contributed by atoms with E-state index in [1.165, 1.54) is 0 Å². The van der Waals surface area contributed by atoms with Gasteiger partial charge >= 0.3 is 80.2 Å². The van der Waals surface area contributed by atoms with E-state index < -0.39 is 143 Å². The van der Waals surface area contributed by atoms with E-state index in [0.717, 1.165) is 0 Å². The van der Waals surface area contributed by atoms with E-state index in [9.17, 15) is 39.5 Å². The van der Waals surface area contributed by atoms with Crippen molar-refractivity contribution in [1.29, 1.82) is 0 Å². The van der Waals surface area contributed by atoms with Crippen molar-refractivity contribution < 1.29 is 88.9 Å². The summed E-state index contributed by atoms with van der Waals surface area (Å²) in [5, 5.41) is 1.12. The van der Waals surface area contributed by atoms with E-state index in [1.807, 2.05) is 0 Å². The maximum absolute atomic E-state index is 14.7. The van der Waals surface area contributed by atoms with Gasteiger partial charge in [-0.2, -0.15) is 39.5 Å². The van der Waals surface area contributed by atoms with E-state index in [-0.39, 0.29) is 36.3 Å². The third-order valence-electron chi connectivity index (χ3n) is 14.6. The summed E-state index contributed by atoms with van der Waals surface area (Å²) in [6.07, 6.45) is -17.9. The van der Waals surface area contributed by atoms with Gasteiger partial charge in [-0.05, 0) is 57.4 Å². The second-order valence-electron chi connectivity index (χ2n) is 23.3. The Kier molecular flexibility index (Phi) is 19.1. The van der Waals surface area contributed by atoms with Gasteiger partial charge in [0.05, 0.1) is 0 Å². The Hall–Kier alpha value is -4.40. The third kappa shape index (κ3) is 15.2. The van der Waals surface area contributed by atoms with Crippen LogP contribution in [0.2, 0.25) is 57.4 Å². The molecule has 0 amide bonds. The SMILES string of the molecule is C[Si](C)(CCC(F)(F)F)O[Si]1(c2ccccc2)O[Si]2(c3ccccc3)O[Si](O[Si](C)(C)CCC(F)(F)F)(c3ccccc3)O[Si]3(c4ccccc4)O[Si](O[Si](C)(C)CCC(F)(F)F)(c4ccccc4)O[Si](c4ccccc4)(O1)O[Si](c1ccccc1)(O2)O3. The molecule has 0 unspecified atom stereocenters. The van der Waals surface area contributed by atoms with Gasteiger partial charge in [0.1, 0.15) is 0 Å². The summed E-state index contributed by atoms with van der Waals surface area (Å²) < 4.78 is 228. The molecule has 0 radical (unpaired) electrons. The Bertz CT molecular complexity index is 3090. The van der Waals surface area contributed by atoms with Crippen LogP contribution in [-0.4, -0.2) is 105 Å². The molecule has 31 heteroatoms. The van der Waals surface area contributed by atoms with Gasteiger partial charge in [0.15, 0.2) is 25.0 Å². The van der Waals surface area contributed by atoms with Crippen LogP contribution < -0.4 is 36.3 Å². The molecule has 0 spiro atoms. The summed E-state index contributed by atoms with van der Waals surface area (Å²) in [7, 11) is -50.2. The lowest BCUT2D eigenvalue weighted by atomic mass is 10.4. The third-order valence-corrected chi connectivity index (χ3v) is 55.4. The van der Waals surface area contributed by atoms with Crippen molar-refractivity contribution in [2.24, 2.45) is 0 Å². The highest BCUT2D eigenvalue weighted by molar-refractivity contribution is 7.11. The number of benzene rings is 7. The fourth-order valence-electron chi connectivity index (χ4n) is 10.3. The molecule has 3 saturated heterocycles. The number of hydrogen-bond donors (Lipinski definition) is 0. The second kappa shape index (κ2) is 25.2. The highest BCUT2D eigenvalue weighted by Crippen LogP contribution is 2.46. The topological polar surface area (TPSA) is 111 Å². The summed E-state index contributed by atoms with van der Waals surface area (Å²) in [4.78, 5) is 0. The molecule has 0 atom stereocenters. The first-order valence-electron chi connectivity index (χ1n) is 28.3. The molecule has 0 N–H and O–H groups in total. The molecular formula is C57H65F9O12Si10. The molecule has 7 aromatic rings. The van der Waals surface area contributed by atoms with Gasteiger partial charge in [-0.25, -0.2) is 0 Å². The van der Waals surface area contributed by atoms with Gasteiger partial charge in [-0.1, -0.05) is 212 Å². The van der Waals surface area contributed by atoms with E-state index >= 15 is 0 Å². The molecular weight excluding hydrogens is 1330 g/mol. The fraction of sp³-hybridized carbons (Fsp3) is 0.263. The number of fused-ring (bicyclic) bond motifs is 3. The quantitative estimate of drug-likeness (QED) is 0.0568. The largest absolute Gasteiger partial charge is 0.515 e. The molecule has 12 nitrogen and oxygen atoms in total. The molecule has 88 heavy (non-hydrogen) atoms. The molecule has 468 valence electrons. The predicted octanol–water partition coefficient (Wildman–Crippen LogP) is 10.6. The van der Waals surface area contributed by atoms with Crippen LogP contribution in [0.25, 0.3) is 0 Å². The van der Waals surface area contributed by atoms with Gasteiger partial charge in [0.25, 0.3) is 0 Å². The van der Waals surface area contributed by atoms with Crippen molar-refractivity contribution in [3.8, 4) is 0 Å². The fourth-order valence-corrected chi connectivity index (χ4v) is 61.2. The molecule has 0 saturated carbocycles. The molecule has 0 aliphatic carbocycles. The van der Waals surface area contributed by atoms with Crippen molar-refractivity contribution in [2.75, 3.05) is 0 Å². The van der Waals surface area contributed by atoms with Crippen LogP contribution in [-0.2, 0) is 49.4 Å². The first-order valence-corrected chi connectivity index (χ1v) is 49.8. The summed E-state index contributed by atoms with van der Waals surface area (Å²) in [5.74, 6) is 0. The molecule has 0 aromatic heterocycles. The van der Waals surface area contributed by atoms with Crippen molar-refractivity contribution in [1.82, 2.24) is 0 Å². The Morgan fingerprint density at radius 3 is 0.591 bits per heavy atom. The van der Waals surface area contributed by atoms with Gasteiger partial charge < -0.3 is 49.4 Å². The van der Waals surface area contributed by atoms with Crippen LogP contribution in [0.5, 0.6) is 0 Å². The predicted molar refractivity (Wildman–Crippen MR) is 335 cm³/mol. The molecule has 7 aromatic carbocycles. The normalized spacial score (nSPS) is 27.4. The molecule has 3 fully saturated rings. The van der Waals surface area contributed by atoms with Crippen molar-refractivity contribution >= 4 is 123 Å². The minimum atomic E-state index is -5.52. The Labute approximate surface area is 516 Å². The van der Waals surface area contributed by atoms with Crippen LogP contribution in [0, 0.1) is 0 Å². The monoisotopic (exact) mass is 1390 g/mol. The second-order valence-corrected chi connectivity index (χ2v) is 57.0. The summed E-state index contributed by atoms with van der Waals surface area (Å²) in [6.45, 7) is 9.47. The van der Waals surface area contributed by atoms with Crippen LogP contribution in [0.1, 0.15) is 19.3 Å². The molecule has 3 aliphatic rings. The van der Waals surface area contributed by atoms with Crippen molar-refractivity contribution in [2.45, 2.75) is 95.2 Å². The number of alkyl halides is 9. The summed E-state index contributed by atoms with van der Waals surface area (Å²) in [5.41, 5.74) is 0. The zero-order chi connectivity index (χ0) is 63.0. The highest BCUT2D eigenvalue weighted by atomic mass is 28.6. The Morgan fingerprint density at radius 1 is 0.261 bits per heavy atom. The highest BCUT2D eigenvalue weighted by Gasteiger charge is 2.81. The van der Waals surface area contributed by atoms with Gasteiger partial charge in [0, 0.05) is 55.6 Å². The Balaban J connectivity index is 1.45. The maximum Gasteiger partial charge on any atom is 0.515 e. The van der Waals surface area contributed by atoms with Crippen molar-refractivity contribution in [3.63, 3.8) is 0 Å². The van der Waals surface area contributed by atoms with Crippen LogP contribution in [0.4, 0.5) is 39.5 Å². The molecule has 10 rings (SSSR count). The van der Waals surface area contributed by atoms with Gasteiger partial charge in [-0.3, -0.25) is 0 Å². The van der Waals surface area contributed by atoms with E-state index in [1.54, 1.807) is 252 Å². The molecule has 3 heterocycles. The molecule has 3 aliphatic heterocycles. The number of hydrogen-bond acceptors (Lipinski definition) is 12. The van der Waals surface area contributed by atoms with Crippen molar-refractivity contribution in [3.05, 3.63) is 212 Å². The average Bonchev–Trinajstić information content (AvgIpc) is 0.706.